The van der Waals surface area contributed by atoms with E-state index in [4.69, 9.17) is 4.74 Å². The zero-order valence-corrected chi connectivity index (χ0v) is 13.2. The van der Waals surface area contributed by atoms with Gasteiger partial charge in [-0.25, -0.2) is 4.98 Å². The number of hydrogen-bond acceptors (Lipinski definition) is 4. The number of anilines is 1. The third kappa shape index (κ3) is 3.29. The maximum absolute atomic E-state index is 9.50. The van der Waals surface area contributed by atoms with Crippen molar-refractivity contribution >= 4 is 5.95 Å². The lowest BCUT2D eigenvalue weighted by Crippen LogP contribution is -2.05. The Hall–Kier alpha value is -2.95. The Balaban J connectivity index is 1.76. The molecule has 5 nitrogen and oxygen atoms in total. The predicted molar refractivity (Wildman–Crippen MR) is 90.6 cm³/mol. The Bertz CT molecular complexity index is 794. The number of phenolic OH excluding ortho intramolecular Hbond substituents is 1. The van der Waals surface area contributed by atoms with Gasteiger partial charge in [-0.3, -0.25) is 0 Å². The molecule has 0 unspecified atom stereocenters. The maximum atomic E-state index is 9.50. The fraction of sp³-hybridized carbons (Fsp3) is 0.167. The van der Waals surface area contributed by atoms with Crippen LogP contribution in [0.4, 0.5) is 5.95 Å². The van der Waals surface area contributed by atoms with Crippen LogP contribution >= 0.6 is 0 Å². The van der Waals surface area contributed by atoms with Crippen molar-refractivity contribution in [2.45, 2.75) is 6.54 Å². The number of phenols is 1. The van der Waals surface area contributed by atoms with E-state index in [2.05, 4.69) is 10.3 Å². The van der Waals surface area contributed by atoms with Gasteiger partial charge in [0.15, 0.2) is 0 Å². The minimum Gasteiger partial charge on any atom is -0.508 e. The van der Waals surface area contributed by atoms with Crippen molar-refractivity contribution in [1.29, 1.82) is 0 Å². The van der Waals surface area contributed by atoms with Gasteiger partial charge in [0.1, 0.15) is 11.5 Å². The number of aromatic nitrogens is 2. The smallest absolute Gasteiger partial charge is 0.203 e. The fourth-order valence-electron chi connectivity index (χ4n) is 2.45. The maximum Gasteiger partial charge on any atom is 0.203 e. The van der Waals surface area contributed by atoms with Crippen molar-refractivity contribution in [3.8, 4) is 22.8 Å². The highest BCUT2D eigenvalue weighted by molar-refractivity contribution is 5.62. The summed E-state index contributed by atoms with van der Waals surface area (Å²) in [5.74, 6) is 1.88. The summed E-state index contributed by atoms with van der Waals surface area (Å²) in [6, 6.07) is 15.1. The summed E-state index contributed by atoms with van der Waals surface area (Å²) in [4.78, 5) is 4.43. The third-order valence-corrected chi connectivity index (χ3v) is 3.74. The number of nitrogens with one attached hydrogen (secondary N) is 1. The third-order valence-electron chi connectivity index (χ3n) is 3.74. The Morgan fingerprint density at radius 1 is 1.17 bits per heavy atom. The van der Waals surface area contributed by atoms with E-state index < -0.39 is 0 Å². The van der Waals surface area contributed by atoms with Crippen LogP contribution in [0.5, 0.6) is 11.5 Å². The molecule has 0 radical (unpaired) electrons. The average Bonchev–Trinajstić information content (AvgIpc) is 2.94. The summed E-state index contributed by atoms with van der Waals surface area (Å²) in [6.45, 7) is 0.599. The lowest BCUT2D eigenvalue weighted by atomic mass is 10.1. The minimum atomic E-state index is 0.267. The number of imidazole rings is 1. The molecule has 3 rings (SSSR count). The van der Waals surface area contributed by atoms with Crippen LogP contribution < -0.4 is 10.1 Å². The van der Waals surface area contributed by atoms with Gasteiger partial charge >= 0.3 is 0 Å². The Morgan fingerprint density at radius 2 is 1.96 bits per heavy atom. The van der Waals surface area contributed by atoms with Crippen LogP contribution in [0.2, 0.25) is 0 Å². The standard InChI is InChI=1S/C18H19N3O2/c1-21-17(14-6-8-16(23-2)9-7-14)12-20-18(21)19-11-13-4-3-5-15(22)10-13/h3-10,12,22H,11H2,1-2H3,(H,19,20). The van der Waals surface area contributed by atoms with Gasteiger partial charge in [0.25, 0.3) is 0 Å². The lowest BCUT2D eigenvalue weighted by Gasteiger charge is -2.09. The van der Waals surface area contributed by atoms with Gasteiger partial charge in [-0.2, -0.15) is 0 Å². The lowest BCUT2D eigenvalue weighted by molar-refractivity contribution is 0.415. The largest absolute Gasteiger partial charge is 0.508 e. The first-order valence-corrected chi connectivity index (χ1v) is 7.35. The van der Waals surface area contributed by atoms with Crippen LogP contribution in [0.1, 0.15) is 5.56 Å². The Labute approximate surface area is 135 Å². The van der Waals surface area contributed by atoms with Gasteiger partial charge < -0.3 is 19.7 Å². The summed E-state index contributed by atoms with van der Waals surface area (Å²) >= 11 is 0. The number of rotatable bonds is 5. The molecule has 118 valence electrons. The van der Waals surface area contributed by atoms with E-state index in [9.17, 15) is 5.11 Å². The second-order valence-corrected chi connectivity index (χ2v) is 5.28. The highest BCUT2D eigenvalue weighted by Gasteiger charge is 2.08. The van der Waals surface area contributed by atoms with Crippen molar-refractivity contribution in [2.75, 3.05) is 12.4 Å². The van der Waals surface area contributed by atoms with Gasteiger partial charge in [-0.15, -0.1) is 0 Å². The summed E-state index contributed by atoms with van der Waals surface area (Å²) in [6.07, 6.45) is 1.84. The number of benzene rings is 2. The molecule has 0 bridgehead atoms. The predicted octanol–water partition coefficient (Wildman–Crippen LogP) is 3.41. The minimum absolute atomic E-state index is 0.267. The van der Waals surface area contributed by atoms with Crippen molar-refractivity contribution in [2.24, 2.45) is 7.05 Å². The molecular weight excluding hydrogens is 290 g/mol. The summed E-state index contributed by atoms with van der Waals surface area (Å²) in [5.41, 5.74) is 3.09. The quantitative estimate of drug-likeness (QED) is 0.758. The summed E-state index contributed by atoms with van der Waals surface area (Å²) < 4.78 is 7.19. The topological polar surface area (TPSA) is 59.3 Å². The van der Waals surface area contributed by atoms with Crippen molar-refractivity contribution < 1.29 is 9.84 Å². The van der Waals surface area contributed by atoms with Crippen molar-refractivity contribution in [1.82, 2.24) is 9.55 Å². The highest BCUT2D eigenvalue weighted by atomic mass is 16.5. The molecule has 3 aromatic rings. The Kier molecular flexibility index (Phi) is 4.19. The SMILES string of the molecule is COc1ccc(-c2cnc(NCc3cccc(O)c3)n2C)cc1. The van der Waals surface area contributed by atoms with Crippen LogP contribution in [0.3, 0.4) is 0 Å². The molecule has 0 saturated heterocycles. The first-order chi connectivity index (χ1) is 11.2. The zero-order chi connectivity index (χ0) is 16.2. The van der Waals surface area contributed by atoms with Crippen LogP contribution in [-0.4, -0.2) is 21.8 Å². The molecule has 0 spiro atoms. The number of methoxy groups -OCH3 is 1. The monoisotopic (exact) mass is 309 g/mol. The molecule has 0 amide bonds. The molecular formula is C18H19N3O2. The average molecular weight is 309 g/mol. The van der Waals surface area contributed by atoms with Gasteiger partial charge in [-0.1, -0.05) is 12.1 Å². The van der Waals surface area contributed by atoms with Gasteiger partial charge in [-0.05, 0) is 42.0 Å². The number of nitrogens with zero attached hydrogens (tertiary/aromatic N) is 2. The molecule has 23 heavy (non-hydrogen) atoms. The van der Waals surface area contributed by atoms with E-state index in [1.165, 1.54) is 0 Å². The van der Waals surface area contributed by atoms with E-state index in [0.29, 0.717) is 6.54 Å². The molecule has 0 aliphatic carbocycles. The number of hydrogen-bond donors (Lipinski definition) is 2. The molecule has 0 saturated carbocycles. The fourth-order valence-corrected chi connectivity index (χ4v) is 2.45. The molecule has 1 aromatic heterocycles. The summed E-state index contributed by atoms with van der Waals surface area (Å²) in [7, 11) is 3.62. The molecule has 0 atom stereocenters. The Morgan fingerprint density at radius 3 is 2.65 bits per heavy atom. The van der Waals surface area contributed by atoms with E-state index in [-0.39, 0.29) is 5.75 Å². The molecule has 1 heterocycles. The molecule has 0 aliphatic rings. The van der Waals surface area contributed by atoms with E-state index in [0.717, 1.165) is 28.5 Å². The van der Waals surface area contributed by atoms with Crippen LogP contribution in [0.25, 0.3) is 11.3 Å². The molecule has 0 aliphatic heterocycles. The first kappa shape index (κ1) is 15.0. The van der Waals surface area contributed by atoms with Gasteiger partial charge in [0.2, 0.25) is 5.95 Å². The second-order valence-electron chi connectivity index (χ2n) is 5.28. The summed E-state index contributed by atoms with van der Waals surface area (Å²) in [5, 5.41) is 12.8. The van der Waals surface area contributed by atoms with Crippen LogP contribution in [-0.2, 0) is 13.6 Å². The molecule has 5 heteroatoms. The number of ether oxygens (including phenoxy) is 1. The van der Waals surface area contributed by atoms with E-state index in [1.807, 2.05) is 54.2 Å². The molecule has 2 N–H and O–H groups in total. The van der Waals surface area contributed by atoms with E-state index in [1.54, 1.807) is 19.2 Å². The normalized spacial score (nSPS) is 10.5. The molecule has 0 fully saturated rings. The number of aromatic hydroxyl groups is 1. The van der Waals surface area contributed by atoms with Crippen LogP contribution in [0.15, 0.2) is 54.7 Å². The second kappa shape index (κ2) is 6.44. The highest BCUT2D eigenvalue weighted by Crippen LogP contribution is 2.24. The van der Waals surface area contributed by atoms with E-state index >= 15 is 0 Å². The van der Waals surface area contributed by atoms with Crippen molar-refractivity contribution in [3.05, 3.63) is 60.3 Å². The van der Waals surface area contributed by atoms with Gasteiger partial charge in [0, 0.05) is 19.2 Å². The zero-order valence-electron chi connectivity index (χ0n) is 13.2. The first-order valence-electron chi connectivity index (χ1n) is 7.35. The van der Waals surface area contributed by atoms with Crippen molar-refractivity contribution in [3.63, 3.8) is 0 Å². The van der Waals surface area contributed by atoms with Crippen LogP contribution in [0, 0.1) is 0 Å². The molecule has 2 aromatic carbocycles. The van der Waals surface area contributed by atoms with Gasteiger partial charge in [0.05, 0.1) is 19.0 Å².